The Morgan fingerprint density at radius 1 is 1.28 bits per heavy atom. The molecule has 0 saturated carbocycles. The molecule has 0 amide bonds. The second-order valence-corrected chi connectivity index (χ2v) is 8.36. The van der Waals surface area contributed by atoms with Crippen molar-refractivity contribution in [2.24, 2.45) is 0 Å². The molecule has 5 rings (SSSR count). The summed E-state index contributed by atoms with van der Waals surface area (Å²) in [7, 11) is 0. The molecule has 1 aromatic carbocycles. The van der Waals surface area contributed by atoms with Crippen molar-refractivity contribution in [1.29, 1.82) is 0 Å². The number of nitrogens with two attached hydrogens (primary N) is 1. The number of halogens is 1. The summed E-state index contributed by atoms with van der Waals surface area (Å²) in [6, 6.07) is 3.48. The highest BCUT2D eigenvalue weighted by molar-refractivity contribution is 7.99. The van der Waals surface area contributed by atoms with Crippen LogP contribution in [0.1, 0.15) is 30.2 Å². The molecule has 0 unspecified atom stereocenters. The van der Waals surface area contributed by atoms with Crippen LogP contribution in [0.5, 0.6) is 0 Å². The van der Waals surface area contributed by atoms with Crippen LogP contribution >= 0.6 is 11.8 Å². The standard InChI is InChI=1S/C19H20FN5O3S/c20-11-4-9-2-1-3-10(9)5-14(11)29-19-16-17(21)22-8-23-18(16)25(24-19)15-6-12(27)13(7-26)28-15/h4-5,8,12-13,15,26-27H,1-3,6-7H2,(H2,21,22,23)/t12-,13+,15+/m0/s1. The summed E-state index contributed by atoms with van der Waals surface area (Å²) < 4.78 is 21.9. The van der Waals surface area contributed by atoms with Crippen molar-refractivity contribution in [3.63, 3.8) is 0 Å². The van der Waals surface area contributed by atoms with Gasteiger partial charge < -0.3 is 20.7 Å². The van der Waals surface area contributed by atoms with Gasteiger partial charge in [0.15, 0.2) is 11.9 Å². The number of anilines is 1. The third kappa shape index (κ3) is 3.16. The zero-order valence-corrected chi connectivity index (χ0v) is 16.3. The van der Waals surface area contributed by atoms with Crippen LogP contribution in [0.15, 0.2) is 28.4 Å². The van der Waals surface area contributed by atoms with Crippen molar-refractivity contribution >= 4 is 28.6 Å². The zero-order chi connectivity index (χ0) is 20.1. The van der Waals surface area contributed by atoms with Gasteiger partial charge in [-0.15, -0.1) is 0 Å². The van der Waals surface area contributed by atoms with Crippen LogP contribution in [0.3, 0.4) is 0 Å². The zero-order valence-electron chi connectivity index (χ0n) is 15.5. The van der Waals surface area contributed by atoms with Crippen molar-refractivity contribution in [1.82, 2.24) is 19.7 Å². The average Bonchev–Trinajstić information content (AvgIpc) is 3.39. The summed E-state index contributed by atoms with van der Waals surface area (Å²) >= 11 is 1.18. The first-order chi connectivity index (χ1) is 14.0. The summed E-state index contributed by atoms with van der Waals surface area (Å²) in [6.45, 7) is -0.296. The fraction of sp³-hybridized carbons (Fsp3) is 0.421. The molecule has 0 spiro atoms. The van der Waals surface area contributed by atoms with Crippen molar-refractivity contribution in [3.8, 4) is 0 Å². The quantitative estimate of drug-likeness (QED) is 0.588. The molecule has 0 radical (unpaired) electrons. The first kappa shape index (κ1) is 18.7. The van der Waals surface area contributed by atoms with Gasteiger partial charge in [0.1, 0.15) is 29.1 Å². The Balaban J connectivity index is 1.57. The molecule has 10 heteroatoms. The Bertz CT molecular complexity index is 1090. The highest BCUT2D eigenvalue weighted by atomic mass is 32.2. The molecule has 1 aliphatic carbocycles. The molecule has 4 N–H and O–H groups in total. The number of ether oxygens (including phenoxy) is 1. The third-order valence-corrected chi connectivity index (χ3v) is 6.51. The van der Waals surface area contributed by atoms with Crippen LogP contribution in [-0.2, 0) is 17.6 Å². The topological polar surface area (TPSA) is 119 Å². The lowest BCUT2D eigenvalue weighted by molar-refractivity contribution is -0.0473. The smallest absolute Gasteiger partial charge is 0.167 e. The highest BCUT2D eigenvalue weighted by Crippen LogP contribution is 2.40. The molecule has 0 bridgehead atoms. The van der Waals surface area contributed by atoms with E-state index < -0.39 is 18.4 Å². The molecule has 2 aliphatic rings. The highest BCUT2D eigenvalue weighted by Gasteiger charge is 2.36. The fourth-order valence-electron chi connectivity index (χ4n) is 4.02. The molecular weight excluding hydrogens is 397 g/mol. The van der Waals surface area contributed by atoms with Crippen molar-refractivity contribution in [3.05, 3.63) is 35.4 Å². The molecule has 2 aromatic heterocycles. The minimum Gasteiger partial charge on any atom is -0.394 e. The number of hydrogen-bond donors (Lipinski definition) is 3. The predicted octanol–water partition coefficient (Wildman–Crippen LogP) is 1.83. The Morgan fingerprint density at radius 3 is 2.83 bits per heavy atom. The number of fused-ring (bicyclic) bond motifs is 2. The number of aryl methyl sites for hydroxylation is 2. The molecule has 1 aliphatic heterocycles. The van der Waals surface area contributed by atoms with Crippen molar-refractivity contribution < 1.29 is 19.3 Å². The number of benzene rings is 1. The van der Waals surface area contributed by atoms with Gasteiger partial charge in [0.05, 0.1) is 18.1 Å². The van der Waals surface area contributed by atoms with E-state index in [2.05, 4.69) is 15.1 Å². The van der Waals surface area contributed by atoms with E-state index in [1.54, 1.807) is 6.07 Å². The molecule has 29 heavy (non-hydrogen) atoms. The van der Waals surface area contributed by atoms with Gasteiger partial charge in [-0.05, 0) is 42.5 Å². The lowest BCUT2D eigenvalue weighted by atomic mass is 10.1. The summed E-state index contributed by atoms with van der Waals surface area (Å²) in [6.07, 6.45) is 2.35. The van der Waals surface area contributed by atoms with Crippen LogP contribution in [0.2, 0.25) is 0 Å². The first-order valence-corrected chi connectivity index (χ1v) is 10.3. The average molecular weight is 417 g/mol. The molecule has 1 saturated heterocycles. The van der Waals surface area contributed by atoms with Gasteiger partial charge in [-0.2, -0.15) is 5.10 Å². The molecule has 1 fully saturated rings. The number of hydrogen-bond acceptors (Lipinski definition) is 8. The summed E-state index contributed by atoms with van der Waals surface area (Å²) in [4.78, 5) is 8.81. The predicted molar refractivity (Wildman–Crippen MR) is 104 cm³/mol. The molecule has 8 nitrogen and oxygen atoms in total. The normalized spacial score (nSPS) is 23.8. The number of rotatable bonds is 4. The van der Waals surface area contributed by atoms with E-state index in [-0.39, 0.29) is 24.7 Å². The molecule has 3 aromatic rings. The van der Waals surface area contributed by atoms with Gasteiger partial charge in [0.2, 0.25) is 0 Å². The van der Waals surface area contributed by atoms with Crippen LogP contribution in [0, 0.1) is 5.82 Å². The third-order valence-electron chi connectivity index (χ3n) is 5.50. The fourth-order valence-corrected chi connectivity index (χ4v) is 5.01. The van der Waals surface area contributed by atoms with Crippen LogP contribution in [0.25, 0.3) is 11.0 Å². The van der Waals surface area contributed by atoms with E-state index >= 15 is 0 Å². The van der Waals surface area contributed by atoms with Crippen LogP contribution in [-0.4, -0.2) is 48.8 Å². The summed E-state index contributed by atoms with van der Waals surface area (Å²) in [5.74, 6) is -0.0516. The largest absolute Gasteiger partial charge is 0.394 e. The van der Waals surface area contributed by atoms with Crippen LogP contribution < -0.4 is 5.73 Å². The van der Waals surface area contributed by atoms with Gasteiger partial charge in [-0.3, -0.25) is 0 Å². The van der Waals surface area contributed by atoms with Gasteiger partial charge in [0, 0.05) is 11.3 Å². The first-order valence-electron chi connectivity index (χ1n) is 9.47. The molecule has 3 atom stereocenters. The minimum absolute atomic E-state index is 0.238. The van der Waals surface area contributed by atoms with E-state index in [9.17, 15) is 14.6 Å². The number of nitrogens with zero attached hydrogens (tertiary/aromatic N) is 4. The second-order valence-electron chi connectivity index (χ2n) is 7.33. The van der Waals surface area contributed by atoms with Crippen LogP contribution in [0.4, 0.5) is 10.2 Å². The van der Waals surface area contributed by atoms with E-state index in [0.717, 1.165) is 30.4 Å². The van der Waals surface area contributed by atoms with Gasteiger partial charge in [0.25, 0.3) is 0 Å². The maximum absolute atomic E-state index is 14.7. The lowest BCUT2D eigenvalue weighted by Gasteiger charge is -2.12. The number of aliphatic hydroxyl groups excluding tert-OH is 2. The maximum Gasteiger partial charge on any atom is 0.167 e. The Kier molecular flexibility index (Phi) is 4.66. The molecule has 3 heterocycles. The lowest BCUT2D eigenvalue weighted by Crippen LogP contribution is -2.24. The Labute approximate surface area is 169 Å². The van der Waals surface area contributed by atoms with Crippen molar-refractivity contribution in [2.75, 3.05) is 12.3 Å². The SMILES string of the molecule is Nc1ncnc2c1c(Sc1cc3c(cc1F)CCC3)nn2[C@H]1C[C@H](O)[C@@H](CO)O1. The van der Waals surface area contributed by atoms with E-state index in [1.807, 2.05) is 6.07 Å². The maximum atomic E-state index is 14.7. The number of aromatic nitrogens is 4. The number of nitrogen functional groups attached to an aromatic ring is 1. The second kappa shape index (κ2) is 7.21. The number of aliphatic hydroxyl groups is 2. The summed E-state index contributed by atoms with van der Waals surface area (Å²) in [5.41, 5.74) is 8.76. The Morgan fingerprint density at radius 2 is 2.07 bits per heavy atom. The van der Waals surface area contributed by atoms with E-state index in [1.165, 1.54) is 22.8 Å². The molecular formula is C19H20FN5O3S. The van der Waals surface area contributed by atoms with E-state index in [4.69, 9.17) is 10.5 Å². The van der Waals surface area contributed by atoms with Gasteiger partial charge >= 0.3 is 0 Å². The monoisotopic (exact) mass is 417 g/mol. The summed E-state index contributed by atoms with van der Waals surface area (Å²) in [5, 5.41) is 25.0. The molecule has 152 valence electrons. The van der Waals surface area contributed by atoms with Gasteiger partial charge in [-0.25, -0.2) is 19.0 Å². The van der Waals surface area contributed by atoms with E-state index in [0.29, 0.717) is 21.0 Å². The van der Waals surface area contributed by atoms with Gasteiger partial charge in [-0.1, -0.05) is 11.8 Å². The minimum atomic E-state index is -0.811. The Hall–Kier alpha value is -2.27. The van der Waals surface area contributed by atoms with Crippen molar-refractivity contribution in [2.45, 2.75) is 54.0 Å².